The van der Waals surface area contributed by atoms with Gasteiger partial charge in [0.1, 0.15) is 0 Å². The van der Waals surface area contributed by atoms with Gasteiger partial charge in [0.2, 0.25) is 0 Å². The van der Waals surface area contributed by atoms with Crippen molar-refractivity contribution >= 4 is 10.8 Å². The molecule has 1 saturated carbocycles. The molecular formula is C23H30F2. The Morgan fingerprint density at radius 1 is 0.920 bits per heavy atom. The smallest absolute Gasteiger partial charge is 0.166 e. The quantitative estimate of drug-likeness (QED) is 0.475. The average Bonchev–Trinajstić information content (AvgIpc) is 2.65. The Balaban J connectivity index is 1.77. The van der Waals surface area contributed by atoms with E-state index in [1.54, 1.807) is 6.07 Å². The van der Waals surface area contributed by atoms with E-state index in [2.05, 4.69) is 6.92 Å². The lowest BCUT2D eigenvalue weighted by Gasteiger charge is -2.29. The highest BCUT2D eigenvalue weighted by Gasteiger charge is 2.26. The van der Waals surface area contributed by atoms with E-state index < -0.39 is 11.6 Å². The third kappa shape index (κ3) is 4.04. The number of rotatable bonds is 6. The molecule has 0 radical (unpaired) electrons. The second-order valence-electron chi connectivity index (χ2n) is 7.72. The SMILES string of the molecule is CCCCCC1CCC(c2cc3ccc(CC)cc3c(F)c2F)CC1. The minimum absolute atomic E-state index is 0.173. The van der Waals surface area contributed by atoms with Crippen LogP contribution in [0.2, 0.25) is 0 Å². The summed E-state index contributed by atoms with van der Waals surface area (Å²) in [6.07, 6.45) is 10.3. The number of hydrogen-bond donors (Lipinski definition) is 0. The van der Waals surface area contributed by atoms with Crippen molar-refractivity contribution in [3.05, 3.63) is 47.0 Å². The molecule has 0 aliphatic heterocycles. The molecule has 2 aromatic rings. The maximum Gasteiger partial charge on any atom is 0.166 e. The summed E-state index contributed by atoms with van der Waals surface area (Å²) in [4.78, 5) is 0. The van der Waals surface area contributed by atoms with E-state index >= 15 is 0 Å². The topological polar surface area (TPSA) is 0 Å². The highest BCUT2D eigenvalue weighted by Crippen LogP contribution is 2.40. The van der Waals surface area contributed by atoms with Crippen LogP contribution in [-0.2, 0) is 6.42 Å². The summed E-state index contributed by atoms with van der Waals surface area (Å²) in [6, 6.07) is 7.65. The van der Waals surface area contributed by atoms with Gasteiger partial charge in [-0.3, -0.25) is 0 Å². The minimum Gasteiger partial charge on any atom is -0.203 e. The fourth-order valence-electron chi connectivity index (χ4n) is 4.36. The Morgan fingerprint density at radius 2 is 1.68 bits per heavy atom. The summed E-state index contributed by atoms with van der Waals surface area (Å²) in [5, 5.41) is 1.25. The molecule has 1 aliphatic carbocycles. The van der Waals surface area contributed by atoms with Crippen molar-refractivity contribution < 1.29 is 8.78 Å². The van der Waals surface area contributed by atoms with Crippen LogP contribution in [0.4, 0.5) is 8.78 Å². The normalized spacial score (nSPS) is 21.0. The lowest BCUT2D eigenvalue weighted by atomic mass is 9.76. The van der Waals surface area contributed by atoms with Gasteiger partial charge in [0.25, 0.3) is 0 Å². The molecule has 0 heterocycles. The van der Waals surface area contributed by atoms with Gasteiger partial charge in [0, 0.05) is 5.39 Å². The summed E-state index contributed by atoms with van der Waals surface area (Å²) in [5.41, 5.74) is 1.65. The molecule has 0 nitrogen and oxygen atoms in total. The fraction of sp³-hybridized carbons (Fsp3) is 0.565. The van der Waals surface area contributed by atoms with E-state index in [-0.39, 0.29) is 5.92 Å². The third-order valence-electron chi connectivity index (χ3n) is 6.02. The van der Waals surface area contributed by atoms with Crippen LogP contribution in [0.3, 0.4) is 0 Å². The van der Waals surface area contributed by atoms with E-state index in [1.807, 2.05) is 25.1 Å². The zero-order valence-electron chi connectivity index (χ0n) is 15.6. The van der Waals surface area contributed by atoms with Gasteiger partial charge >= 0.3 is 0 Å². The predicted octanol–water partition coefficient (Wildman–Crippen LogP) is 7.53. The molecule has 1 fully saturated rings. The first kappa shape index (κ1) is 18.4. The van der Waals surface area contributed by atoms with Crippen molar-refractivity contribution in [1.82, 2.24) is 0 Å². The van der Waals surface area contributed by atoms with Crippen LogP contribution in [0.15, 0.2) is 24.3 Å². The van der Waals surface area contributed by atoms with Crippen LogP contribution in [0, 0.1) is 17.6 Å². The first-order valence-corrected chi connectivity index (χ1v) is 10.0. The van der Waals surface area contributed by atoms with E-state index in [9.17, 15) is 8.78 Å². The van der Waals surface area contributed by atoms with Gasteiger partial charge in [-0.25, -0.2) is 8.78 Å². The van der Waals surface area contributed by atoms with Crippen molar-refractivity contribution in [2.24, 2.45) is 5.92 Å². The lowest BCUT2D eigenvalue weighted by Crippen LogP contribution is -2.15. The van der Waals surface area contributed by atoms with Crippen LogP contribution in [0.1, 0.15) is 82.3 Å². The molecule has 0 aromatic heterocycles. The zero-order chi connectivity index (χ0) is 17.8. The van der Waals surface area contributed by atoms with Crippen molar-refractivity contribution in [2.45, 2.75) is 77.6 Å². The van der Waals surface area contributed by atoms with Gasteiger partial charge in [-0.05, 0) is 72.6 Å². The summed E-state index contributed by atoms with van der Waals surface area (Å²) >= 11 is 0. The molecule has 3 rings (SSSR count). The highest BCUT2D eigenvalue weighted by atomic mass is 19.2. The maximum atomic E-state index is 14.7. The molecular weight excluding hydrogens is 314 g/mol. The van der Waals surface area contributed by atoms with Crippen LogP contribution in [0.25, 0.3) is 10.8 Å². The second kappa shape index (κ2) is 8.29. The summed E-state index contributed by atoms with van der Waals surface area (Å²) in [6.45, 7) is 4.26. The van der Waals surface area contributed by atoms with Crippen LogP contribution in [0.5, 0.6) is 0 Å². The molecule has 25 heavy (non-hydrogen) atoms. The number of benzene rings is 2. The minimum atomic E-state index is -0.659. The average molecular weight is 344 g/mol. The summed E-state index contributed by atoms with van der Waals surface area (Å²) in [5.74, 6) is -0.321. The van der Waals surface area contributed by atoms with Crippen LogP contribution in [-0.4, -0.2) is 0 Å². The first-order chi connectivity index (χ1) is 12.1. The predicted molar refractivity (Wildman–Crippen MR) is 102 cm³/mol. The lowest BCUT2D eigenvalue weighted by molar-refractivity contribution is 0.298. The highest BCUT2D eigenvalue weighted by molar-refractivity contribution is 5.84. The number of fused-ring (bicyclic) bond motifs is 1. The fourth-order valence-corrected chi connectivity index (χ4v) is 4.36. The van der Waals surface area contributed by atoms with E-state index in [0.717, 1.165) is 49.0 Å². The summed E-state index contributed by atoms with van der Waals surface area (Å²) < 4.78 is 29.4. The van der Waals surface area contributed by atoms with Gasteiger partial charge in [-0.2, -0.15) is 0 Å². The van der Waals surface area contributed by atoms with Gasteiger partial charge in [-0.1, -0.05) is 51.7 Å². The number of halogens is 2. The number of hydrogen-bond acceptors (Lipinski definition) is 0. The Labute approximate surface area is 150 Å². The molecule has 0 unspecified atom stereocenters. The molecule has 0 spiro atoms. The molecule has 0 saturated heterocycles. The maximum absolute atomic E-state index is 14.7. The van der Waals surface area contributed by atoms with Gasteiger partial charge in [0.05, 0.1) is 0 Å². The standard InChI is InChI=1S/C23H30F2/c1-3-5-6-7-17-9-11-18(12-10-17)21-15-19-13-8-16(4-2)14-20(19)22(24)23(21)25/h8,13-15,17-18H,3-7,9-12H2,1-2H3. The van der Waals surface area contributed by atoms with Crippen molar-refractivity contribution in [3.8, 4) is 0 Å². The molecule has 0 amide bonds. The molecule has 136 valence electrons. The van der Waals surface area contributed by atoms with Crippen molar-refractivity contribution in [3.63, 3.8) is 0 Å². The van der Waals surface area contributed by atoms with Gasteiger partial charge < -0.3 is 0 Å². The molecule has 1 aliphatic rings. The van der Waals surface area contributed by atoms with Crippen LogP contribution < -0.4 is 0 Å². The summed E-state index contributed by atoms with van der Waals surface area (Å²) in [7, 11) is 0. The number of unbranched alkanes of at least 4 members (excludes halogenated alkanes) is 2. The van der Waals surface area contributed by atoms with Crippen molar-refractivity contribution in [2.75, 3.05) is 0 Å². The Bertz CT molecular complexity index is 712. The zero-order valence-corrected chi connectivity index (χ0v) is 15.6. The molecule has 2 aromatic carbocycles. The Hall–Kier alpha value is -1.44. The first-order valence-electron chi connectivity index (χ1n) is 10.0. The van der Waals surface area contributed by atoms with Crippen molar-refractivity contribution in [1.29, 1.82) is 0 Å². The van der Waals surface area contributed by atoms with E-state index in [1.165, 1.54) is 25.7 Å². The Kier molecular flexibility index (Phi) is 6.09. The molecule has 0 N–H and O–H groups in total. The monoisotopic (exact) mass is 344 g/mol. The molecule has 0 bridgehead atoms. The second-order valence-corrected chi connectivity index (χ2v) is 7.72. The van der Waals surface area contributed by atoms with E-state index in [0.29, 0.717) is 10.9 Å². The number of aryl methyl sites for hydroxylation is 1. The van der Waals surface area contributed by atoms with E-state index in [4.69, 9.17) is 0 Å². The Morgan fingerprint density at radius 3 is 2.36 bits per heavy atom. The largest absolute Gasteiger partial charge is 0.203 e. The molecule has 0 atom stereocenters. The molecule has 2 heteroatoms. The van der Waals surface area contributed by atoms with Crippen LogP contribution >= 0.6 is 0 Å². The third-order valence-corrected chi connectivity index (χ3v) is 6.02. The van der Waals surface area contributed by atoms with Gasteiger partial charge in [0.15, 0.2) is 11.6 Å². The van der Waals surface area contributed by atoms with Gasteiger partial charge in [-0.15, -0.1) is 0 Å².